The van der Waals surface area contributed by atoms with Gasteiger partial charge in [-0.05, 0) is 44.6 Å². The molecular formula is C16H26N2O2S. The molecule has 2 rings (SSSR count). The fraction of sp³-hybridized carbons (Fsp3) is 0.625. The van der Waals surface area contributed by atoms with E-state index >= 15 is 0 Å². The van der Waals surface area contributed by atoms with Crippen LogP contribution in [-0.4, -0.2) is 32.1 Å². The summed E-state index contributed by atoms with van der Waals surface area (Å²) < 4.78 is 25.0. The zero-order valence-electron chi connectivity index (χ0n) is 13.2. The second kappa shape index (κ2) is 6.07. The lowest BCUT2D eigenvalue weighted by molar-refractivity contribution is 0.221. The molecule has 1 heterocycles. The van der Waals surface area contributed by atoms with Crippen molar-refractivity contribution in [1.82, 2.24) is 4.31 Å². The van der Waals surface area contributed by atoms with Gasteiger partial charge in [-0.3, -0.25) is 0 Å². The summed E-state index contributed by atoms with van der Waals surface area (Å²) in [4.78, 5) is 0. The lowest BCUT2D eigenvalue weighted by Crippen LogP contribution is -2.43. The first-order valence-electron chi connectivity index (χ1n) is 7.49. The molecule has 2 N–H and O–H groups in total. The number of hydrogen-bond donors (Lipinski definition) is 1. The fourth-order valence-electron chi connectivity index (χ4n) is 3.21. The van der Waals surface area contributed by atoms with Gasteiger partial charge in [0.2, 0.25) is 10.0 Å². The van der Waals surface area contributed by atoms with E-state index in [0.29, 0.717) is 19.0 Å². The lowest BCUT2D eigenvalue weighted by atomic mass is 9.81. The van der Waals surface area contributed by atoms with E-state index in [4.69, 9.17) is 5.73 Å². The largest absolute Gasteiger partial charge is 0.322 e. The first-order chi connectivity index (χ1) is 9.68. The quantitative estimate of drug-likeness (QED) is 0.927. The number of sulfonamides is 1. The molecule has 2 unspecified atom stereocenters. The smallest absolute Gasteiger partial charge is 0.211 e. The molecule has 118 valence electrons. The number of nitrogens with two attached hydrogens (primary N) is 1. The number of nitrogens with zero attached hydrogens (tertiary/aromatic N) is 1. The molecule has 2 atom stereocenters. The number of aryl methyl sites for hydroxylation is 1. The summed E-state index contributed by atoms with van der Waals surface area (Å²) in [5.41, 5.74) is 8.43. The molecule has 0 aliphatic carbocycles. The monoisotopic (exact) mass is 310 g/mol. The summed E-state index contributed by atoms with van der Waals surface area (Å²) in [5, 5.41) is 0. The zero-order chi connectivity index (χ0) is 15.7. The lowest BCUT2D eigenvalue weighted by Gasteiger charge is -2.36. The second-order valence-corrected chi connectivity index (χ2v) is 8.60. The highest BCUT2D eigenvalue weighted by Gasteiger charge is 2.31. The molecule has 4 nitrogen and oxygen atoms in total. The zero-order valence-corrected chi connectivity index (χ0v) is 14.0. The average Bonchev–Trinajstić information content (AvgIpc) is 2.37. The Bertz CT molecular complexity index is 596. The van der Waals surface area contributed by atoms with E-state index in [1.54, 1.807) is 4.31 Å². The van der Waals surface area contributed by atoms with Crippen molar-refractivity contribution in [2.24, 2.45) is 11.7 Å². The Labute approximate surface area is 128 Å². The van der Waals surface area contributed by atoms with Gasteiger partial charge in [-0.15, -0.1) is 0 Å². The van der Waals surface area contributed by atoms with E-state index in [0.717, 1.165) is 24.8 Å². The van der Waals surface area contributed by atoms with Crippen LogP contribution in [0.1, 0.15) is 37.3 Å². The summed E-state index contributed by atoms with van der Waals surface area (Å²) >= 11 is 0. The number of benzene rings is 1. The topological polar surface area (TPSA) is 63.4 Å². The van der Waals surface area contributed by atoms with Crippen LogP contribution < -0.4 is 5.73 Å². The van der Waals surface area contributed by atoms with Crippen LogP contribution in [0, 0.1) is 12.8 Å². The van der Waals surface area contributed by atoms with E-state index in [9.17, 15) is 8.42 Å². The number of hydrogen-bond acceptors (Lipinski definition) is 3. The average molecular weight is 310 g/mol. The summed E-state index contributed by atoms with van der Waals surface area (Å²) in [5.74, 6) is 0.323. The van der Waals surface area contributed by atoms with Crippen molar-refractivity contribution in [1.29, 1.82) is 0 Å². The second-order valence-electron chi connectivity index (χ2n) is 6.62. The Hall–Kier alpha value is -0.910. The van der Waals surface area contributed by atoms with Gasteiger partial charge in [-0.1, -0.05) is 29.8 Å². The first-order valence-corrected chi connectivity index (χ1v) is 9.34. The summed E-state index contributed by atoms with van der Waals surface area (Å²) in [6, 6.07) is 8.27. The third kappa shape index (κ3) is 4.28. The molecule has 0 spiro atoms. The molecule has 1 aromatic rings. The van der Waals surface area contributed by atoms with E-state index in [-0.39, 0.29) is 0 Å². The molecule has 0 bridgehead atoms. The molecule has 5 heteroatoms. The maximum absolute atomic E-state index is 11.7. The number of rotatable bonds is 4. The SMILES string of the molecule is Cc1cccc(C(C)(N)CC2CCCN(S(C)(=O)=O)C2)c1. The fourth-order valence-corrected chi connectivity index (χ4v) is 4.15. The van der Waals surface area contributed by atoms with E-state index < -0.39 is 15.6 Å². The van der Waals surface area contributed by atoms with Crippen molar-refractivity contribution >= 4 is 10.0 Å². The number of piperidine rings is 1. The normalized spacial score (nSPS) is 23.7. The van der Waals surface area contributed by atoms with Gasteiger partial charge < -0.3 is 5.73 Å². The highest BCUT2D eigenvalue weighted by atomic mass is 32.2. The molecular weight excluding hydrogens is 284 g/mol. The first kappa shape index (κ1) is 16.5. The molecule has 1 saturated heterocycles. The van der Waals surface area contributed by atoms with Gasteiger partial charge in [0.25, 0.3) is 0 Å². The Morgan fingerprint density at radius 2 is 2.14 bits per heavy atom. The van der Waals surface area contributed by atoms with E-state index in [1.165, 1.54) is 11.8 Å². The minimum absolute atomic E-state index is 0.323. The van der Waals surface area contributed by atoms with Crippen molar-refractivity contribution in [3.8, 4) is 0 Å². The molecule has 0 amide bonds. The van der Waals surface area contributed by atoms with Crippen LogP contribution in [-0.2, 0) is 15.6 Å². The van der Waals surface area contributed by atoms with Crippen molar-refractivity contribution in [2.75, 3.05) is 19.3 Å². The minimum atomic E-state index is -3.09. The molecule has 1 aliphatic heterocycles. The third-order valence-electron chi connectivity index (χ3n) is 4.34. The Morgan fingerprint density at radius 1 is 1.43 bits per heavy atom. The van der Waals surface area contributed by atoms with Crippen LogP contribution in [0.4, 0.5) is 0 Å². The molecule has 1 aromatic carbocycles. The van der Waals surface area contributed by atoms with Gasteiger partial charge in [0, 0.05) is 18.6 Å². The highest BCUT2D eigenvalue weighted by molar-refractivity contribution is 7.88. The van der Waals surface area contributed by atoms with Crippen LogP contribution in [0.25, 0.3) is 0 Å². The molecule has 0 aromatic heterocycles. The maximum Gasteiger partial charge on any atom is 0.211 e. The molecule has 1 fully saturated rings. The predicted molar refractivity (Wildman–Crippen MR) is 86.5 cm³/mol. The minimum Gasteiger partial charge on any atom is -0.322 e. The summed E-state index contributed by atoms with van der Waals surface area (Å²) in [7, 11) is -3.09. The van der Waals surface area contributed by atoms with E-state index in [2.05, 4.69) is 25.1 Å². The predicted octanol–water partition coefficient (Wildman–Crippen LogP) is 2.23. The van der Waals surface area contributed by atoms with Crippen molar-refractivity contribution in [3.63, 3.8) is 0 Å². The van der Waals surface area contributed by atoms with Gasteiger partial charge in [0.15, 0.2) is 0 Å². The summed E-state index contributed by atoms with van der Waals surface area (Å²) in [6.45, 7) is 5.34. The van der Waals surface area contributed by atoms with Crippen molar-refractivity contribution in [3.05, 3.63) is 35.4 Å². The van der Waals surface area contributed by atoms with Crippen LogP contribution in [0.2, 0.25) is 0 Å². The standard InChI is InChI=1S/C16H26N2O2S/c1-13-6-4-8-15(10-13)16(2,17)11-14-7-5-9-18(12-14)21(3,19)20/h4,6,8,10,14H,5,7,9,11-12,17H2,1-3H3. The van der Waals surface area contributed by atoms with Gasteiger partial charge in [0.1, 0.15) is 0 Å². The van der Waals surface area contributed by atoms with Gasteiger partial charge >= 0.3 is 0 Å². The maximum atomic E-state index is 11.7. The van der Waals surface area contributed by atoms with Crippen molar-refractivity contribution < 1.29 is 8.42 Å². The molecule has 0 saturated carbocycles. The highest BCUT2D eigenvalue weighted by Crippen LogP contribution is 2.31. The van der Waals surface area contributed by atoms with Gasteiger partial charge in [0.05, 0.1) is 6.26 Å². The Morgan fingerprint density at radius 3 is 2.76 bits per heavy atom. The third-order valence-corrected chi connectivity index (χ3v) is 5.61. The molecule has 21 heavy (non-hydrogen) atoms. The van der Waals surface area contributed by atoms with Crippen LogP contribution >= 0.6 is 0 Å². The van der Waals surface area contributed by atoms with Gasteiger partial charge in [-0.25, -0.2) is 12.7 Å². The molecule has 1 aliphatic rings. The van der Waals surface area contributed by atoms with E-state index in [1.807, 2.05) is 13.0 Å². The Balaban J connectivity index is 2.09. The van der Waals surface area contributed by atoms with Crippen molar-refractivity contribution in [2.45, 2.75) is 38.6 Å². The van der Waals surface area contributed by atoms with Crippen LogP contribution in [0.5, 0.6) is 0 Å². The van der Waals surface area contributed by atoms with Gasteiger partial charge in [-0.2, -0.15) is 0 Å². The van der Waals surface area contributed by atoms with Crippen LogP contribution in [0.15, 0.2) is 24.3 Å². The Kier molecular flexibility index (Phi) is 4.76. The molecule has 0 radical (unpaired) electrons. The summed E-state index contributed by atoms with van der Waals surface area (Å²) in [6.07, 6.45) is 4.06. The van der Waals surface area contributed by atoms with Crippen LogP contribution in [0.3, 0.4) is 0 Å².